The van der Waals surface area contributed by atoms with Crippen LogP contribution in [0, 0.1) is 41.4 Å². The Hall–Kier alpha value is -0.0400. The van der Waals surface area contributed by atoms with Crippen LogP contribution in [-0.4, -0.2) is 5.54 Å². The number of rotatable bonds is 0. The molecule has 5 aliphatic rings. The van der Waals surface area contributed by atoms with E-state index in [0.29, 0.717) is 5.54 Å². The van der Waals surface area contributed by atoms with Gasteiger partial charge in [0.15, 0.2) is 0 Å². The van der Waals surface area contributed by atoms with Crippen LogP contribution in [0.3, 0.4) is 0 Å². The second kappa shape index (κ2) is 1.50. The normalized spacial score (nSPS) is 80.5. The Bertz CT molecular complexity index is 298. The van der Waals surface area contributed by atoms with Gasteiger partial charge >= 0.3 is 0 Å². The second-order valence-electron chi connectivity index (χ2n) is 6.38. The van der Waals surface area contributed by atoms with Gasteiger partial charge in [-0.2, -0.15) is 0 Å². The Labute approximate surface area is 79.1 Å². The molecule has 1 heteroatoms. The third-order valence-corrected chi connectivity index (χ3v) is 6.75. The van der Waals surface area contributed by atoms with Gasteiger partial charge in [-0.3, -0.25) is 0 Å². The molecule has 5 rings (SSSR count). The zero-order valence-electron chi connectivity index (χ0n) is 7.95. The zero-order valence-corrected chi connectivity index (χ0v) is 7.95. The van der Waals surface area contributed by atoms with Crippen LogP contribution >= 0.6 is 0 Å². The molecule has 0 saturated heterocycles. The molecule has 1 nitrogen and oxygen atoms in total. The summed E-state index contributed by atoms with van der Waals surface area (Å²) in [4.78, 5) is 0. The lowest BCUT2D eigenvalue weighted by Gasteiger charge is -2.88. The Balaban J connectivity index is 1.58. The maximum Gasteiger partial charge on any atom is 0.0254 e. The molecule has 0 aromatic heterocycles. The molecule has 13 heavy (non-hydrogen) atoms. The lowest BCUT2D eigenvalue weighted by molar-refractivity contribution is -0.371. The first-order valence-corrected chi connectivity index (χ1v) is 6.12. The topological polar surface area (TPSA) is 26.0 Å². The van der Waals surface area contributed by atoms with Crippen LogP contribution < -0.4 is 5.73 Å². The van der Waals surface area contributed by atoms with Gasteiger partial charge in [0.1, 0.15) is 0 Å². The average Bonchev–Trinajstić information content (AvgIpc) is 2.02. The van der Waals surface area contributed by atoms with Crippen molar-refractivity contribution in [3.8, 4) is 0 Å². The minimum atomic E-state index is 0.398. The van der Waals surface area contributed by atoms with E-state index < -0.39 is 0 Å². The van der Waals surface area contributed by atoms with E-state index in [-0.39, 0.29) is 0 Å². The van der Waals surface area contributed by atoms with Gasteiger partial charge in [-0.25, -0.2) is 0 Å². The third kappa shape index (κ3) is 0.379. The molecule has 5 fully saturated rings. The molecule has 0 spiro atoms. The fourth-order valence-electron chi connectivity index (χ4n) is 6.12. The van der Waals surface area contributed by atoms with Crippen molar-refractivity contribution in [2.75, 3.05) is 0 Å². The maximum atomic E-state index is 6.61. The minimum absolute atomic E-state index is 0.398. The highest BCUT2D eigenvalue weighted by Crippen LogP contribution is 2.83. The van der Waals surface area contributed by atoms with Crippen LogP contribution in [0.25, 0.3) is 0 Å². The molecular weight excluding hydrogens is 158 g/mol. The Morgan fingerprint density at radius 3 is 2.15 bits per heavy atom. The monoisotopic (exact) mass is 175 g/mol. The van der Waals surface area contributed by atoms with Crippen LogP contribution in [-0.2, 0) is 0 Å². The summed E-state index contributed by atoms with van der Waals surface area (Å²) in [6, 6.07) is 0. The van der Waals surface area contributed by atoms with E-state index in [0.717, 1.165) is 41.4 Å². The van der Waals surface area contributed by atoms with E-state index in [4.69, 9.17) is 5.73 Å². The van der Waals surface area contributed by atoms with Crippen LogP contribution in [0.4, 0.5) is 0 Å². The van der Waals surface area contributed by atoms with E-state index in [1.54, 1.807) is 6.42 Å². The van der Waals surface area contributed by atoms with E-state index in [2.05, 4.69) is 0 Å². The van der Waals surface area contributed by atoms with Gasteiger partial charge in [-0.05, 0) is 67.1 Å². The van der Waals surface area contributed by atoms with E-state index in [1.165, 1.54) is 19.3 Å². The molecule has 0 bridgehead atoms. The summed E-state index contributed by atoms with van der Waals surface area (Å²) in [5.74, 6) is 7.51. The standard InChI is InChI=1S/C12H17N/c13-12-8-4-3-7(8)11(12)9-5-1-2-6(5)10(9)12/h5-11H,1-4,13H2/t5?,6?,7?,8?,9?,10?,11?,12-/m0/s1. The van der Waals surface area contributed by atoms with Crippen molar-refractivity contribution in [2.45, 2.75) is 31.2 Å². The highest BCUT2D eigenvalue weighted by atomic mass is 15.0. The van der Waals surface area contributed by atoms with Crippen LogP contribution in [0.15, 0.2) is 0 Å². The molecule has 7 unspecified atom stereocenters. The Morgan fingerprint density at radius 1 is 0.846 bits per heavy atom. The van der Waals surface area contributed by atoms with Gasteiger partial charge in [-0.1, -0.05) is 0 Å². The lowest BCUT2D eigenvalue weighted by Crippen LogP contribution is -2.92. The predicted octanol–water partition coefficient (Wildman–Crippen LogP) is 1.63. The number of fused-ring (bicyclic) bond motifs is 10. The molecule has 0 radical (unpaired) electrons. The summed E-state index contributed by atoms with van der Waals surface area (Å²) in [6.07, 6.45) is 6.07. The molecule has 0 heterocycles. The first kappa shape index (κ1) is 6.44. The summed E-state index contributed by atoms with van der Waals surface area (Å²) >= 11 is 0. The fraction of sp³-hybridized carbons (Fsp3) is 1.00. The molecule has 5 aliphatic carbocycles. The van der Waals surface area contributed by atoms with Gasteiger partial charge in [-0.15, -0.1) is 0 Å². The quantitative estimate of drug-likeness (QED) is 0.556. The van der Waals surface area contributed by atoms with E-state index in [1.807, 2.05) is 0 Å². The smallest absolute Gasteiger partial charge is 0.0254 e. The highest BCUT2D eigenvalue weighted by molar-refractivity contribution is 5.36. The zero-order chi connectivity index (χ0) is 8.37. The predicted molar refractivity (Wildman–Crippen MR) is 49.8 cm³/mol. The summed E-state index contributed by atoms with van der Waals surface area (Å²) in [7, 11) is 0. The van der Waals surface area contributed by atoms with Crippen molar-refractivity contribution in [3.05, 3.63) is 0 Å². The van der Waals surface area contributed by atoms with E-state index >= 15 is 0 Å². The van der Waals surface area contributed by atoms with Crippen LogP contribution in [0.2, 0.25) is 0 Å². The van der Waals surface area contributed by atoms with Gasteiger partial charge in [0.2, 0.25) is 0 Å². The maximum absolute atomic E-state index is 6.61. The molecule has 0 aliphatic heterocycles. The second-order valence-corrected chi connectivity index (χ2v) is 6.38. The largest absolute Gasteiger partial charge is 0.324 e. The van der Waals surface area contributed by atoms with Crippen molar-refractivity contribution in [1.29, 1.82) is 0 Å². The van der Waals surface area contributed by atoms with Crippen LogP contribution in [0.1, 0.15) is 25.7 Å². The van der Waals surface area contributed by atoms with Crippen molar-refractivity contribution in [2.24, 2.45) is 47.2 Å². The van der Waals surface area contributed by atoms with Crippen molar-refractivity contribution >= 4 is 0 Å². The molecule has 5 saturated carbocycles. The van der Waals surface area contributed by atoms with Gasteiger partial charge in [0.05, 0.1) is 0 Å². The first-order chi connectivity index (χ1) is 6.33. The molecule has 70 valence electrons. The van der Waals surface area contributed by atoms with Gasteiger partial charge in [0.25, 0.3) is 0 Å². The SMILES string of the molecule is N[C@]12C3CCC3C1C1C3CCC3C12. The fourth-order valence-corrected chi connectivity index (χ4v) is 6.12. The van der Waals surface area contributed by atoms with Crippen LogP contribution in [0.5, 0.6) is 0 Å². The van der Waals surface area contributed by atoms with Gasteiger partial charge < -0.3 is 5.73 Å². The molecule has 0 amide bonds. The Morgan fingerprint density at radius 2 is 1.54 bits per heavy atom. The van der Waals surface area contributed by atoms with Crippen molar-refractivity contribution in [3.63, 3.8) is 0 Å². The summed E-state index contributed by atoms with van der Waals surface area (Å²) in [6.45, 7) is 0. The van der Waals surface area contributed by atoms with Crippen molar-refractivity contribution in [1.82, 2.24) is 0 Å². The molecule has 8 atom stereocenters. The highest BCUT2D eigenvalue weighted by Gasteiger charge is 2.84. The summed E-state index contributed by atoms with van der Waals surface area (Å²) in [5, 5.41) is 0. The third-order valence-electron chi connectivity index (χ3n) is 6.75. The van der Waals surface area contributed by atoms with Crippen molar-refractivity contribution < 1.29 is 0 Å². The summed E-state index contributed by atoms with van der Waals surface area (Å²) in [5.41, 5.74) is 7.01. The number of hydrogen-bond acceptors (Lipinski definition) is 1. The molecule has 0 aromatic rings. The Kier molecular flexibility index (Phi) is 0.743. The first-order valence-electron chi connectivity index (χ1n) is 6.12. The van der Waals surface area contributed by atoms with E-state index in [9.17, 15) is 0 Å². The molecular formula is C12H17N. The number of nitrogens with two attached hydrogens (primary N) is 1. The summed E-state index contributed by atoms with van der Waals surface area (Å²) < 4.78 is 0. The minimum Gasteiger partial charge on any atom is -0.324 e. The van der Waals surface area contributed by atoms with Gasteiger partial charge in [0, 0.05) is 5.54 Å². The number of hydrogen-bond donors (Lipinski definition) is 1. The molecule has 0 aromatic carbocycles. The lowest BCUT2D eigenvalue weighted by atomic mass is 9.18. The molecule has 2 N–H and O–H groups in total. The average molecular weight is 175 g/mol.